The predicted molar refractivity (Wildman–Crippen MR) is 65.3 cm³/mol. The first kappa shape index (κ1) is 11.9. The van der Waals surface area contributed by atoms with Gasteiger partial charge in [-0.1, -0.05) is 6.07 Å². The number of nitrogens with one attached hydrogen (secondary N) is 2. The van der Waals surface area contributed by atoms with Crippen LogP contribution in [0.2, 0.25) is 0 Å². The lowest BCUT2D eigenvalue weighted by atomic mass is 10.3. The van der Waals surface area contributed by atoms with Gasteiger partial charge < -0.3 is 15.7 Å². The highest BCUT2D eigenvalue weighted by atomic mass is 16.4. The van der Waals surface area contributed by atoms with Gasteiger partial charge in [-0.15, -0.1) is 0 Å². The fourth-order valence-corrected chi connectivity index (χ4v) is 1.55. The first-order valence-corrected chi connectivity index (χ1v) is 5.93. The average molecular weight is 235 g/mol. The summed E-state index contributed by atoms with van der Waals surface area (Å²) in [6.45, 7) is 1.80. The number of anilines is 1. The molecule has 1 aliphatic rings. The molecule has 0 atom stereocenters. The first-order valence-electron chi connectivity index (χ1n) is 5.93. The van der Waals surface area contributed by atoms with Crippen molar-refractivity contribution in [3.63, 3.8) is 0 Å². The Bertz CT molecular complexity index is 391. The second kappa shape index (κ2) is 5.63. The molecule has 2 rings (SSSR count). The van der Waals surface area contributed by atoms with E-state index in [0.717, 1.165) is 25.6 Å². The number of carboxylic acid groups (broad SMARTS) is 1. The van der Waals surface area contributed by atoms with Crippen molar-refractivity contribution in [1.29, 1.82) is 0 Å². The van der Waals surface area contributed by atoms with Gasteiger partial charge in [-0.05, 0) is 37.9 Å². The Balaban J connectivity index is 1.70. The van der Waals surface area contributed by atoms with Crippen molar-refractivity contribution >= 4 is 11.8 Å². The third-order valence-electron chi connectivity index (χ3n) is 2.64. The van der Waals surface area contributed by atoms with E-state index in [9.17, 15) is 4.79 Å². The van der Waals surface area contributed by atoms with Crippen molar-refractivity contribution in [2.24, 2.45) is 0 Å². The standard InChI is InChI=1S/C12H17N3O2/c16-12(17)10-3-1-4-11(15-10)14-8-2-7-13-9-5-6-9/h1,3-4,9,13H,2,5-8H2,(H,14,15)(H,16,17). The van der Waals surface area contributed by atoms with Gasteiger partial charge in [0, 0.05) is 12.6 Å². The molecule has 1 aromatic rings. The van der Waals surface area contributed by atoms with E-state index in [2.05, 4.69) is 15.6 Å². The van der Waals surface area contributed by atoms with Gasteiger partial charge in [0.1, 0.15) is 5.82 Å². The van der Waals surface area contributed by atoms with Crippen LogP contribution < -0.4 is 10.6 Å². The topological polar surface area (TPSA) is 74.2 Å². The molecule has 17 heavy (non-hydrogen) atoms. The van der Waals surface area contributed by atoms with Gasteiger partial charge in [-0.3, -0.25) is 0 Å². The van der Waals surface area contributed by atoms with Crippen molar-refractivity contribution in [2.45, 2.75) is 25.3 Å². The number of rotatable bonds is 7. The molecule has 0 aliphatic heterocycles. The molecular weight excluding hydrogens is 218 g/mol. The van der Waals surface area contributed by atoms with Crippen LogP contribution >= 0.6 is 0 Å². The van der Waals surface area contributed by atoms with E-state index in [4.69, 9.17) is 5.11 Å². The van der Waals surface area contributed by atoms with Crippen molar-refractivity contribution < 1.29 is 9.90 Å². The zero-order valence-electron chi connectivity index (χ0n) is 9.65. The Hall–Kier alpha value is -1.62. The number of carbonyl (C=O) groups is 1. The fourth-order valence-electron chi connectivity index (χ4n) is 1.55. The van der Waals surface area contributed by atoms with Crippen LogP contribution in [0.25, 0.3) is 0 Å². The van der Waals surface area contributed by atoms with E-state index < -0.39 is 5.97 Å². The normalized spacial score (nSPS) is 14.6. The van der Waals surface area contributed by atoms with Crippen LogP contribution in [0.3, 0.4) is 0 Å². The molecule has 5 nitrogen and oxygen atoms in total. The van der Waals surface area contributed by atoms with Crippen molar-refractivity contribution in [1.82, 2.24) is 10.3 Å². The Labute approximate surface area is 100 Å². The number of pyridine rings is 1. The third kappa shape index (κ3) is 4.03. The number of hydrogen-bond donors (Lipinski definition) is 3. The van der Waals surface area contributed by atoms with Gasteiger partial charge in [-0.25, -0.2) is 9.78 Å². The lowest BCUT2D eigenvalue weighted by Gasteiger charge is -2.06. The highest BCUT2D eigenvalue weighted by molar-refractivity contribution is 5.85. The maximum atomic E-state index is 10.7. The largest absolute Gasteiger partial charge is 0.477 e. The molecule has 92 valence electrons. The zero-order chi connectivity index (χ0) is 12.1. The number of hydrogen-bond acceptors (Lipinski definition) is 4. The summed E-state index contributed by atoms with van der Waals surface area (Å²) in [6, 6.07) is 5.70. The van der Waals surface area contributed by atoms with Gasteiger partial charge in [-0.2, -0.15) is 0 Å². The minimum Gasteiger partial charge on any atom is -0.477 e. The van der Waals surface area contributed by atoms with Crippen LogP contribution in [0.5, 0.6) is 0 Å². The molecule has 0 spiro atoms. The molecule has 0 amide bonds. The predicted octanol–water partition coefficient (Wildman–Crippen LogP) is 1.33. The molecule has 1 aliphatic carbocycles. The summed E-state index contributed by atoms with van der Waals surface area (Å²) in [5, 5.41) is 15.3. The van der Waals surface area contributed by atoms with E-state index in [1.165, 1.54) is 18.9 Å². The van der Waals surface area contributed by atoms with Crippen LogP contribution in [-0.4, -0.2) is 35.2 Å². The Kier molecular flexibility index (Phi) is 3.93. The molecule has 1 aromatic heterocycles. The molecule has 0 saturated heterocycles. The summed E-state index contributed by atoms with van der Waals surface area (Å²) in [5.41, 5.74) is 0.0751. The highest BCUT2D eigenvalue weighted by Gasteiger charge is 2.19. The van der Waals surface area contributed by atoms with E-state index in [1.54, 1.807) is 12.1 Å². The molecule has 5 heteroatoms. The average Bonchev–Trinajstić information content (AvgIpc) is 3.13. The van der Waals surface area contributed by atoms with E-state index in [0.29, 0.717) is 5.82 Å². The Morgan fingerprint density at radius 3 is 2.94 bits per heavy atom. The molecule has 0 radical (unpaired) electrons. The lowest BCUT2D eigenvalue weighted by molar-refractivity contribution is 0.0690. The lowest BCUT2D eigenvalue weighted by Crippen LogP contribution is -2.20. The van der Waals surface area contributed by atoms with Crippen LogP contribution in [0.4, 0.5) is 5.82 Å². The minimum absolute atomic E-state index is 0.0751. The molecule has 0 bridgehead atoms. The maximum Gasteiger partial charge on any atom is 0.354 e. The number of nitrogens with zero attached hydrogens (tertiary/aromatic N) is 1. The quantitative estimate of drug-likeness (QED) is 0.622. The van der Waals surface area contributed by atoms with Crippen molar-refractivity contribution in [2.75, 3.05) is 18.4 Å². The summed E-state index contributed by atoms with van der Waals surface area (Å²) in [5.74, 6) is -0.375. The Morgan fingerprint density at radius 2 is 2.24 bits per heavy atom. The SMILES string of the molecule is O=C(O)c1cccc(NCCCNC2CC2)n1. The molecule has 1 saturated carbocycles. The molecular formula is C12H17N3O2. The second-order valence-corrected chi connectivity index (χ2v) is 4.22. The van der Waals surface area contributed by atoms with E-state index in [1.807, 2.05) is 0 Å². The van der Waals surface area contributed by atoms with Crippen LogP contribution in [0.15, 0.2) is 18.2 Å². The number of aromatic nitrogens is 1. The van der Waals surface area contributed by atoms with Gasteiger partial charge in [0.05, 0.1) is 0 Å². The fraction of sp³-hybridized carbons (Fsp3) is 0.500. The molecule has 0 aromatic carbocycles. The van der Waals surface area contributed by atoms with Gasteiger partial charge in [0.15, 0.2) is 5.69 Å². The van der Waals surface area contributed by atoms with Gasteiger partial charge in [0.25, 0.3) is 0 Å². The Morgan fingerprint density at radius 1 is 1.41 bits per heavy atom. The molecule has 3 N–H and O–H groups in total. The monoisotopic (exact) mass is 235 g/mol. The smallest absolute Gasteiger partial charge is 0.354 e. The summed E-state index contributed by atoms with van der Waals surface area (Å²) >= 11 is 0. The third-order valence-corrected chi connectivity index (χ3v) is 2.64. The minimum atomic E-state index is -0.996. The second-order valence-electron chi connectivity index (χ2n) is 4.22. The zero-order valence-corrected chi connectivity index (χ0v) is 9.65. The molecule has 1 heterocycles. The summed E-state index contributed by atoms with van der Waals surface area (Å²) in [6.07, 6.45) is 3.61. The van der Waals surface area contributed by atoms with Crippen LogP contribution in [-0.2, 0) is 0 Å². The molecule has 1 fully saturated rings. The maximum absolute atomic E-state index is 10.7. The highest BCUT2D eigenvalue weighted by Crippen LogP contribution is 2.18. The summed E-state index contributed by atoms with van der Waals surface area (Å²) < 4.78 is 0. The van der Waals surface area contributed by atoms with E-state index in [-0.39, 0.29) is 5.69 Å². The first-order chi connectivity index (χ1) is 8.25. The van der Waals surface area contributed by atoms with Crippen molar-refractivity contribution in [3.05, 3.63) is 23.9 Å². The van der Waals surface area contributed by atoms with Crippen LogP contribution in [0, 0.1) is 0 Å². The summed E-state index contributed by atoms with van der Waals surface area (Å²) in [4.78, 5) is 14.7. The van der Waals surface area contributed by atoms with Gasteiger partial charge >= 0.3 is 5.97 Å². The number of carboxylic acids is 1. The summed E-state index contributed by atoms with van der Waals surface area (Å²) in [7, 11) is 0. The molecule has 0 unspecified atom stereocenters. The van der Waals surface area contributed by atoms with Gasteiger partial charge in [0.2, 0.25) is 0 Å². The van der Waals surface area contributed by atoms with E-state index >= 15 is 0 Å². The number of aromatic carboxylic acids is 1. The van der Waals surface area contributed by atoms with Crippen molar-refractivity contribution in [3.8, 4) is 0 Å². The van der Waals surface area contributed by atoms with Crippen LogP contribution in [0.1, 0.15) is 29.8 Å².